The summed E-state index contributed by atoms with van der Waals surface area (Å²) in [7, 11) is -4.06. The van der Waals surface area contributed by atoms with E-state index in [9.17, 15) is 30.8 Å². The third kappa shape index (κ3) is 8.18. The Balaban J connectivity index is 0.000000616. The number of pyridine rings is 1. The summed E-state index contributed by atoms with van der Waals surface area (Å²) in [6.07, 6.45) is -2.00. The number of nitrogens with one attached hydrogen (secondary N) is 1. The Morgan fingerprint density at radius 3 is 2.21 bits per heavy atom. The van der Waals surface area contributed by atoms with Gasteiger partial charge in [0.05, 0.1) is 22.4 Å². The SMILES string of the molecule is NN=Cc1cccc(-c2ncccc2C(=O)Nc2ccc(-c3cc(F)ccc3S(N)(=O)=O)cc2)c1.O=C(O)C(F)(F)F. The molecule has 0 saturated carbocycles. The Morgan fingerprint density at radius 2 is 1.62 bits per heavy atom. The fourth-order valence-electron chi connectivity index (χ4n) is 3.58. The van der Waals surface area contributed by atoms with Crippen molar-refractivity contribution in [3.05, 3.63) is 102 Å². The molecule has 1 amide bonds. The molecule has 0 radical (unpaired) electrons. The van der Waals surface area contributed by atoms with Crippen LogP contribution in [-0.4, -0.2) is 42.8 Å². The van der Waals surface area contributed by atoms with Gasteiger partial charge in [-0.3, -0.25) is 9.78 Å². The summed E-state index contributed by atoms with van der Waals surface area (Å²) in [5.74, 6) is 1.48. The molecule has 15 heteroatoms. The molecule has 0 aliphatic rings. The first-order valence-corrected chi connectivity index (χ1v) is 13.1. The van der Waals surface area contributed by atoms with Crippen molar-refractivity contribution in [1.29, 1.82) is 0 Å². The Hall–Kier alpha value is -5.15. The van der Waals surface area contributed by atoms with Crippen LogP contribution in [0.1, 0.15) is 15.9 Å². The number of amides is 1. The summed E-state index contributed by atoms with van der Waals surface area (Å²) in [5, 5.41) is 18.7. The van der Waals surface area contributed by atoms with Gasteiger partial charge in [0, 0.05) is 23.0 Å². The first-order valence-electron chi connectivity index (χ1n) is 11.5. The van der Waals surface area contributed by atoms with Gasteiger partial charge in [0.25, 0.3) is 5.91 Å². The van der Waals surface area contributed by atoms with Gasteiger partial charge in [-0.1, -0.05) is 30.3 Å². The van der Waals surface area contributed by atoms with Crippen LogP contribution < -0.4 is 16.3 Å². The number of primary sulfonamides is 1. The summed E-state index contributed by atoms with van der Waals surface area (Å²) in [6.45, 7) is 0. The second kappa shape index (κ2) is 13.0. The van der Waals surface area contributed by atoms with Crippen molar-refractivity contribution in [2.45, 2.75) is 11.1 Å². The molecule has 0 aliphatic heterocycles. The number of nitrogens with two attached hydrogens (primary N) is 2. The molecule has 0 atom stereocenters. The number of rotatable bonds is 6. The van der Waals surface area contributed by atoms with Crippen LogP contribution in [0.5, 0.6) is 0 Å². The summed E-state index contributed by atoms with van der Waals surface area (Å²) in [4.78, 5) is 26.1. The fraction of sp³-hybridized carbons (Fsp3) is 0.0370. The highest BCUT2D eigenvalue weighted by atomic mass is 32.2. The van der Waals surface area contributed by atoms with E-state index in [1.807, 2.05) is 24.3 Å². The fourth-order valence-corrected chi connectivity index (χ4v) is 4.32. The molecule has 0 saturated heterocycles. The number of hydrazone groups is 1. The molecular formula is C27H21F4N5O5S. The number of benzene rings is 3. The van der Waals surface area contributed by atoms with E-state index < -0.39 is 33.9 Å². The molecule has 3 aromatic carbocycles. The third-order valence-electron chi connectivity index (χ3n) is 5.38. The van der Waals surface area contributed by atoms with Gasteiger partial charge < -0.3 is 16.3 Å². The average Bonchev–Trinajstić information content (AvgIpc) is 2.93. The molecule has 218 valence electrons. The zero-order valence-corrected chi connectivity index (χ0v) is 22.0. The number of halogens is 4. The molecule has 0 unspecified atom stereocenters. The van der Waals surface area contributed by atoms with E-state index in [-0.39, 0.29) is 10.5 Å². The highest BCUT2D eigenvalue weighted by molar-refractivity contribution is 7.89. The van der Waals surface area contributed by atoms with Crippen molar-refractivity contribution < 1.29 is 40.7 Å². The molecule has 4 aromatic rings. The van der Waals surface area contributed by atoms with E-state index >= 15 is 0 Å². The van der Waals surface area contributed by atoms with Gasteiger partial charge in [0.2, 0.25) is 10.0 Å². The number of alkyl halides is 3. The minimum Gasteiger partial charge on any atom is -0.475 e. The normalized spacial score (nSPS) is 11.5. The monoisotopic (exact) mass is 603 g/mol. The Labute approximate surface area is 236 Å². The number of nitrogens with zero attached hydrogens (tertiary/aromatic N) is 2. The van der Waals surface area contributed by atoms with Crippen LogP contribution in [0.15, 0.2) is 95.1 Å². The van der Waals surface area contributed by atoms with Crippen molar-refractivity contribution in [3.63, 3.8) is 0 Å². The Kier molecular flexibility index (Phi) is 9.72. The number of hydrogen-bond acceptors (Lipinski definition) is 7. The zero-order chi connectivity index (χ0) is 31.1. The van der Waals surface area contributed by atoms with Crippen LogP contribution in [0.4, 0.5) is 23.2 Å². The van der Waals surface area contributed by atoms with E-state index in [0.717, 1.165) is 23.8 Å². The highest BCUT2D eigenvalue weighted by Gasteiger charge is 2.38. The van der Waals surface area contributed by atoms with Crippen molar-refractivity contribution >= 4 is 33.8 Å². The number of aromatic nitrogens is 1. The Morgan fingerprint density at radius 1 is 0.952 bits per heavy atom. The van der Waals surface area contributed by atoms with Crippen LogP contribution in [0, 0.1) is 5.82 Å². The largest absolute Gasteiger partial charge is 0.490 e. The van der Waals surface area contributed by atoms with Crippen molar-refractivity contribution in [2.24, 2.45) is 16.1 Å². The molecular weight excluding hydrogens is 582 g/mol. The number of sulfonamides is 1. The van der Waals surface area contributed by atoms with Gasteiger partial charge in [-0.2, -0.15) is 18.3 Å². The number of carboxylic acid groups (broad SMARTS) is 1. The number of hydrogen-bond donors (Lipinski definition) is 4. The van der Waals surface area contributed by atoms with Crippen molar-refractivity contribution in [1.82, 2.24) is 4.98 Å². The maximum Gasteiger partial charge on any atom is 0.490 e. The topological polar surface area (TPSA) is 178 Å². The first kappa shape index (κ1) is 31.4. The minimum absolute atomic E-state index is 0.126. The lowest BCUT2D eigenvalue weighted by atomic mass is 10.0. The molecule has 0 bridgehead atoms. The molecule has 10 nitrogen and oxygen atoms in total. The van der Waals surface area contributed by atoms with Gasteiger partial charge in [-0.25, -0.2) is 22.7 Å². The van der Waals surface area contributed by atoms with E-state index in [1.165, 1.54) is 6.21 Å². The van der Waals surface area contributed by atoms with Crippen LogP contribution in [-0.2, 0) is 14.8 Å². The average molecular weight is 604 g/mol. The van der Waals surface area contributed by atoms with Gasteiger partial charge in [-0.05, 0) is 59.7 Å². The molecule has 1 heterocycles. The van der Waals surface area contributed by atoms with Gasteiger partial charge in [-0.15, -0.1) is 0 Å². The summed E-state index contributed by atoms with van der Waals surface area (Å²) in [5.41, 5.74) is 3.30. The smallest absolute Gasteiger partial charge is 0.475 e. The number of carbonyl (C=O) groups is 2. The van der Waals surface area contributed by atoms with Crippen LogP contribution in [0.25, 0.3) is 22.4 Å². The number of carboxylic acids is 1. The zero-order valence-electron chi connectivity index (χ0n) is 21.2. The second-order valence-electron chi connectivity index (χ2n) is 8.32. The highest BCUT2D eigenvalue weighted by Crippen LogP contribution is 2.29. The third-order valence-corrected chi connectivity index (χ3v) is 6.35. The van der Waals surface area contributed by atoms with Crippen molar-refractivity contribution in [2.75, 3.05) is 5.32 Å². The summed E-state index contributed by atoms with van der Waals surface area (Å²) < 4.78 is 69.3. The number of anilines is 1. The molecule has 0 aliphatic carbocycles. The number of aliphatic carboxylic acids is 1. The molecule has 1 aromatic heterocycles. The van der Waals surface area contributed by atoms with Crippen LogP contribution >= 0.6 is 0 Å². The van der Waals surface area contributed by atoms with Crippen molar-refractivity contribution in [3.8, 4) is 22.4 Å². The molecule has 6 N–H and O–H groups in total. The quantitative estimate of drug-likeness (QED) is 0.109. The predicted molar refractivity (Wildman–Crippen MR) is 146 cm³/mol. The van der Waals surface area contributed by atoms with E-state index in [1.54, 1.807) is 42.6 Å². The maximum absolute atomic E-state index is 13.8. The second-order valence-corrected chi connectivity index (χ2v) is 9.85. The predicted octanol–water partition coefficient (Wildman–Crippen LogP) is 4.38. The summed E-state index contributed by atoms with van der Waals surface area (Å²) >= 11 is 0. The molecule has 4 rings (SSSR count). The minimum atomic E-state index is -5.08. The first-order chi connectivity index (χ1) is 19.7. The van der Waals surface area contributed by atoms with E-state index in [0.29, 0.717) is 28.1 Å². The molecule has 0 fully saturated rings. The van der Waals surface area contributed by atoms with E-state index in [4.69, 9.17) is 20.9 Å². The van der Waals surface area contributed by atoms with E-state index in [2.05, 4.69) is 15.4 Å². The lowest BCUT2D eigenvalue weighted by molar-refractivity contribution is -0.192. The molecule has 42 heavy (non-hydrogen) atoms. The van der Waals surface area contributed by atoms with Gasteiger partial charge in [0.15, 0.2) is 0 Å². The van der Waals surface area contributed by atoms with Gasteiger partial charge >= 0.3 is 12.1 Å². The standard InChI is InChI=1S/C25H20FN5O3S.C2HF3O2/c26-19-8-11-23(35(28,33)34)22(14-19)17-6-9-20(10-7-17)31-25(32)21-5-2-12-29-24(21)18-4-1-3-16(13-18)15-30-27;3-2(4,5)1(6)7/h1-15H,27H2,(H,31,32)(H2,28,33,34);(H,6,7). The van der Waals surface area contributed by atoms with Crippen LogP contribution in [0.2, 0.25) is 0 Å². The lowest BCUT2D eigenvalue weighted by Gasteiger charge is -2.12. The lowest BCUT2D eigenvalue weighted by Crippen LogP contribution is -2.21. The maximum atomic E-state index is 13.8. The van der Waals surface area contributed by atoms with Gasteiger partial charge in [0.1, 0.15) is 5.82 Å². The number of carbonyl (C=O) groups excluding carboxylic acids is 1. The Bertz CT molecular complexity index is 1740. The summed E-state index contributed by atoms with van der Waals surface area (Å²) in [6, 6.07) is 20.1. The molecule has 0 spiro atoms. The van der Waals surface area contributed by atoms with Crippen LogP contribution in [0.3, 0.4) is 0 Å².